The van der Waals surface area contributed by atoms with Crippen LogP contribution in [0.3, 0.4) is 0 Å². The van der Waals surface area contributed by atoms with E-state index >= 15 is 0 Å². The monoisotopic (exact) mass is 638 g/mol. The fourth-order valence-corrected chi connectivity index (χ4v) is 6.88. The molecule has 4 aromatic rings. The maximum absolute atomic E-state index is 12.0. The number of carbonyl (C=O) groups is 2. The van der Waals surface area contributed by atoms with E-state index in [9.17, 15) is 9.59 Å². The van der Waals surface area contributed by atoms with Crippen LogP contribution in [0.15, 0.2) is 83.9 Å². The molecule has 2 aromatic heterocycles. The first kappa shape index (κ1) is 31.3. The molecule has 2 aliphatic heterocycles. The second-order valence-electron chi connectivity index (χ2n) is 11.7. The molecular formula is C36H38N4O5S. The average molecular weight is 639 g/mol. The number of carbonyl (C=O) groups excluding carboxylic acids is 2. The van der Waals surface area contributed by atoms with Gasteiger partial charge in [0, 0.05) is 74.8 Å². The highest BCUT2D eigenvalue weighted by atomic mass is 32.1. The van der Waals surface area contributed by atoms with E-state index in [4.69, 9.17) is 18.4 Å². The number of ether oxygens (including phenoxy) is 2. The van der Waals surface area contributed by atoms with Gasteiger partial charge in [0.2, 0.25) is 11.8 Å². The molecule has 9 nitrogen and oxygen atoms in total. The summed E-state index contributed by atoms with van der Waals surface area (Å²) in [7, 11) is 0. The molecule has 2 saturated heterocycles. The number of rotatable bonds is 10. The molecule has 0 aliphatic carbocycles. The highest BCUT2D eigenvalue weighted by molar-refractivity contribution is 7.04. The van der Waals surface area contributed by atoms with E-state index < -0.39 is 0 Å². The summed E-state index contributed by atoms with van der Waals surface area (Å²) in [5, 5.41) is 6.10. The molecule has 2 aliphatic rings. The van der Waals surface area contributed by atoms with Gasteiger partial charge in [0.25, 0.3) is 0 Å². The number of amides is 2. The molecule has 4 heterocycles. The van der Waals surface area contributed by atoms with Crippen molar-refractivity contribution >= 4 is 23.3 Å². The van der Waals surface area contributed by atoms with Crippen LogP contribution in [0.4, 0.5) is 0 Å². The zero-order valence-electron chi connectivity index (χ0n) is 26.0. The van der Waals surface area contributed by atoms with Crippen molar-refractivity contribution in [3.05, 3.63) is 96.4 Å². The molecule has 2 amide bonds. The van der Waals surface area contributed by atoms with Gasteiger partial charge in [-0.3, -0.25) is 9.59 Å². The van der Waals surface area contributed by atoms with Gasteiger partial charge in [-0.25, -0.2) is 0 Å². The normalized spacial score (nSPS) is 15.8. The summed E-state index contributed by atoms with van der Waals surface area (Å²) in [6.07, 6.45) is 8.33. The molecule has 0 atom stereocenters. The third-order valence-electron chi connectivity index (χ3n) is 8.75. The molecule has 0 bridgehead atoms. The summed E-state index contributed by atoms with van der Waals surface area (Å²) in [6, 6.07) is 14.3. The Morgan fingerprint density at radius 1 is 0.870 bits per heavy atom. The second-order valence-corrected chi connectivity index (χ2v) is 12.3. The Morgan fingerprint density at radius 3 is 2.02 bits per heavy atom. The minimum absolute atomic E-state index is 0.0233. The summed E-state index contributed by atoms with van der Waals surface area (Å²) in [4.78, 5) is 27.5. The van der Waals surface area contributed by atoms with Gasteiger partial charge >= 0.3 is 0 Å². The summed E-state index contributed by atoms with van der Waals surface area (Å²) in [6.45, 7) is 11.8. The molecule has 0 saturated carbocycles. The summed E-state index contributed by atoms with van der Waals surface area (Å²) < 4.78 is 22.9. The summed E-state index contributed by atoms with van der Waals surface area (Å²) >= 11 is 1.44. The Labute approximate surface area is 273 Å². The zero-order chi connectivity index (χ0) is 32.0. The van der Waals surface area contributed by atoms with Crippen LogP contribution in [0.1, 0.15) is 42.7 Å². The van der Waals surface area contributed by atoms with Crippen molar-refractivity contribution in [1.82, 2.24) is 19.3 Å². The summed E-state index contributed by atoms with van der Waals surface area (Å²) in [5.74, 6) is 2.30. The minimum Gasteiger partial charge on any atom is -0.490 e. The number of benzene rings is 2. The molecule has 2 fully saturated rings. The lowest BCUT2D eigenvalue weighted by Crippen LogP contribution is -2.41. The topological polar surface area (TPSA) is 98.0 Å². The average Bonchev–Trinajstić information content (AvgIpc) is 3.74. The molecule has 6 rings (SSSR count). The van der Waals surface area contributed by atoms with Crippen LogP contribution in [-0.2, 0) is 16.0 Å². The summed E-state index contributed by atoms with van der Waals surface area (Å²) in [5.41, 5.74) is 6.15. The first-order chi connectivity index (χ1) is 22.4. The standard InChI is InChI=1S/C36H38N4O5S/c1-4-35(41)39-16-12-28(13-17-39)43-27-8-6-25(7-9-27)33-23-46-38-34(33)21-26-20-30(10-11-31(26)32-22-37-45-24(32)3)44-29-14-18-40(19-15-29)36(42)5-2/h4-11,20,22-23,28-29H,1-2,12-19,21H2,3H3. The van der Waals surface area contributed by atoms with Crippen LogP contribution in [0.5, 0.6) is 11.5 Å². The molecule has 2 aromatic carbocycles. The lowest BCUT2D eigenvalue weighted by molar-refractivity contribution is -0.128. The van der Waals surface area contributed by atoms with Crippen molar-refractivity contribution in [3.63, 3.8) is 0 Å². The van der Waals surface area contributed by atoms with E-state index in [-0.39, 0.29) is 24.0 Å². The maximum Gasteiger partial charge on any atom is 0.245 e. The quantitative estimate of drug-likeness (QED) is 0.184. The highest BCUT2D eigenvalue weighted by Crippen LogP contribution is 2.35. The molecule has 0 unspecified atom stereocenters. The number of hydrogen-bond acceptors (Lipinski definition) is 8. The lowest BCUT2D eigenvalue weighted by Gasteiger charge is -2.31. The number of piperidine rings is 2. The highest BCUT2D eigenvalue weighted by Gasteiger charge is 2.25. The van der Waals surface area contributed by atoms with Crippen molar-refractivity contribution in [3.8, 4) is 33.8 Å². The van der Waals surface area contributed by atoms with E-state index in [2.05, 4.69) is 48.0 Å². The predicted molar refractivity (Wildman–Crippen MR) is 178 cm³/mol. The molecule has 10 heteroatoms. The molecular weight excluding hydrogens is 600 g/mol. The van der Waals surface area contributed by atoms with Crippen molar-refractivity contribution in [2.24, 2.45) is 0 Å². The van der Waals surface area contributed by atoms with Crippen molar-refractivity contribution in [2.75, 3.05) is 26.2 Å². The smallest absolute Gasteiger partial charge is 0.245 e. The first-order valence-corrected chi connectivity index (χ1v) is 16.5. The van der Waals surface area contributed by atoms with Crippen LogP contribution in [0.25, 0.3) is 22.3 Å². The molecule has 0 spiro atoms. The van der Waals surface area contributed by atoms with Gasteiger partial charge in [0.1, 0.15) is 29.5 Å². The maximum atomic E-state index is 12.0. The third kappa shape index (κ3) is 7.07. The van der Waals surface area contributed by atoms with Crippen LogP contribution >= 0.6 is 11.5 Å². The van der Waals surface area contributed by atoms with E-state index in [1.807, 2.05) is 34.9 Å². The fourth-order valence-electron chi connectivity index (χ4n) is 6.16. The van der Waals surface area contributed by atoms with E-state index in [0.717, 1.165) is 76.5 Å². The predicted octanol–water partition coefficient (Wildman–Crippen LogP) is 6.48. The second kappa shape index (κ2) is 14.2. The largest absolute Gasteiger partial charge is 0.490 e. The first-order valence-electron chi connectivity index (χ1n) is 15.7. The van der Waals surface area contributed by atoms with Gasteiger partial charge in [-0.05, 0) is 71.6 Å². The number of likely N-dealkylation sites (tertiary alicyclic amines) is 2. The van der Waals surface area contributed by atoms with Gasteiger partial charge in [0.05, 0.1) is 11.9 Å². The Bertz CT molecular complexity index is 1700. The SMILES string of the molecule is C=CC(=O)N1CCC(Oc2ccc(-c3csnc3Cc3cc(OC4CCN(C(=O)C=C)CC4)ccc3-c3cnoc3C)cc2)CC1. The van der Waals surface area contributed by atoms with Gasteiger partial charge in [-0.15, -0.1) is 0 Å². The molecule has 238 valence electrons. The zero-order valence-corrected chi connectivity index (χ0v) is 26.8. The molecule has 46 heavy (non-hydrogen) atoms. The fraction of sp³-hybridized carbons (Fsp3) is 0.333. The van der Waals surface area contributed by atoms with Gasteiger partial charge in [-0.1, -0.05) is 36.5 Å². The van der Waals surface area contributed by atoms with Crippen LogP contribution in [0, 0.1) is 6.92 Å². The molecule has 0 N–H and O–H groups in total. The third-order valence-corrected chi connectivity index (χ3v) is 9.41. The van der Waals surface area contributed by atoms with Crippen LogP contribution in [-0.4, -0.2) is 69.5 Å². The number of aromatic nitrogens is 2. The Kier molecular flexibility index (Phi) is 9.63. The lowest BCUT2D eigenvalue weighted by atomic mass is 9.94. The van der Waals surface area contributed by atoms with Crippen molar-refractivity contribution in [1.29, 1.82) is 0 Å². The molecule has 0 radical (unpaired) electrons. The van der Waals surface area contributed by atoms with Crippen molar-refractivity contribution < 1.29 is 23.6 Å². The number of hydrogen-bond donors (Lipinski definition) is 0. The number of aryl methyl sites for hydroxylation is 1. The Hall–Kier alpha value is -4.70. The van der Waals surface area contributed by atoms with E-state index in [1.165, 1.54) is 23.7 Å². The van der Waals surface area contributed by atoms with Crippen molar-refractivity contribution in [2.45, 2.75) is 51.2 Å². The van der Waals surface area contributed by atoms with E-state index in [0.29, 0.717) is 32.6 Å². The van der Waals surface area contributed by atoms with Gasteiger partial charge in [-0.2, -0.15) is 4.37 Å². The van der Waals surface area contributed by atoms with Crippen LogP contribution < -0.4 is 9.47 Å². The Morgan fingerprint density at radius 2 is 1.46 bits per heavy atom. The van der Waals surface area contributed by atoms with Gasteiger partial charge < -0.3 is 23.8 Å². The number of nitrogens with zero attached hydrogens (tertiary/aromatic N) is 4. The minimum atomic E-state index is -0.0330. The van der Waals surface area contributed by atoms with Crippen LogP contribution in [0.2, 0.25) is 0 Å². The Balaban J connectivity index is 1.17. The van der Waals surface area contributed by atoms with Gasteiger partial charge in [0.15, 0.2) is 0 Å². The van der Waals surface area contributed by atoms with E-state index in [1.54, 1.807) is 6.20 Å².